The number of aromatic nitrogens is 3. The Bertz CT molecular complexity index is 1260. The molecule has 0 radical (unpaired) electrons. The number of pyridine rings is 1. The minimum Gasteiger partial charge on any atom is -0.402 e. The molecule has 8 nitrogen and oxygen atoms in total. The van der Waals surface area contributed by atoms with E-state index in [9.17, 15) is 0 Å². The molecule has 3 aromatic rings. The fourth-order valence-electron chi connectivity index (χ4n) is 4.54. The van der Waals surface area contributed by atoms with Gasteiger partial charge in [0.25, 0.3) is 0 Å². The van der Waals surface area contributed by atoms with Crippen LogP contribution in [0.2, 0.25) is 5.02 Å². The summed E-state index contributed by atoms with van der Waals surface area (Å²) in [4.78, 5) is 20.0. The molecule has 0 unspecified atom stereocenters. The van der Waals surface area contributed by atoms with Crippen molar-refractivity contribution in [1.82, 2.24) is 19.9 Å². The molecule has 5 N–H and O–H groups in total. The highest BCUT2D eigenvalue weighted by Crippen LogP contribution is 2.34. The quantitative estimate of drug-likeness (QED) is 0.302. The molecule has 36 heavy (non-hydrogen) atoms. The summed E-state index contributed by atoms with van der Waals surface area (Å²) in [7, 11) is 0. The first-order valence-electron chi connectivity index (χ1n) is 12.1. The number of allylic oxidation sites excluding steroid dienone is 1. The molecule has 1 aliphatic rings. The molecule has 4 rings (SSSR count). The topological polar surface area (TPSA) is 118 Å². The van der Waals surface area contributed by atoms with E-state index in [-0.39, 0.29) is 11.7 Å². The van der Waals surface area contributed by atoms with Crippen LogP contribution in [-0.4, -0.2) is 38.8 Å². The number of piperidine rings is 1. The minimum atomic E-state index is 0.226. The van der Waals surface area contributed by atoms with Crippen LogP contribution in [0.15, 0.2) is 59.5 Å². The van der Waals surface area contributed by atoms with Crippen molar-refractivity contribution >= 4 is 34.9 Å². The first kappa shape index (κ1) is 25.6. The van der Waals surface area contributed by atoms with Gasteiger partial charge in [-0.05, 0) is 93.6 Å². The van der Waals surface area contributed by atoms with Gasteiger partial charge in [0.15, 0.2) is 5.82 Å². The second kappa shape index (κ2) is 11.5. The van der Waals surface area contributed by atoms with Gasteiger partial charge in [0.2, 0.25) is 5.95 Å². The monoisotopic (exact) mass is 504 g/mol. The zero-order valence-corrected chi connectivity index (χ0v) is 21.8. The maximum absolute atomic E-state index is 6.22. The zero-order chi connectivity index (χ0) is 25.7. The molecule has 3 heterocycles. The lowest BCUT2D eigenvalue weighted by Gasteiger charge is -2.33. The lowest BCUT2D eigenvalue weighted by Crippen LogP contribution is -2.32. The Balaban J connectivity index is 1.45. The fraction of sp³-hybridized carbons (Fsp3) is 0.333. The number of aliphatic imine (C=N–C) groups is 1. The zero-order valence-electron chi connectivity index (χ0n) is 21.0. The number of likely N-dealkylation sites (tertiary alicyclic amines) is 1. The Labute approximate surface area is 217 Å². The van der Waals surface area contributed by atoms with Crippen molar-refractivity contribution in [2.24, 2.45) is 16.5 Å². The lowest BCUT2D eigenvalue weighted by atomic mass is 9.85. The summed E-state index contributed by atoms with van der Waals surface area (Å²) in [6.07, 6.45) is 7.21. The molecular weight excluding hydrogens is 472 g/mol. The number of benzene rings is 1. The van der Waals surface area contributed by atoms with Crippen LogP contribution >= 0.6 is 11.6 Å². The van der Waals surface area contributed by atoms with E-state index in [4.69, 9.17) is 23.1 Å². The summed E-state index contributed by atoms with van der Waals surface area (Å²) in [6.45, 7) is 9.06. The molecule has 2 aromatic heterocycles. The number of hydrogen-bond donors (Lipinski definition) is 3. The van der Waals surface area contributed by atoms with Crippen LogP contribution in [0.4, 0.5) is 17.5 Å². The molecule has 0 amide bonds. The van der Waals surface area contributed by atoms with Gasteiger partial charge in [-0.15, -0.1) is 0 Å². The minimum absolute atomic E-state index is 0.226. The number of hydrogen-bond acceptors (Lipinski definition) is 7. The molecule has 1 aromatic carbocycles. The summed E-state index contributed by atoms with van der Waals surface area (Å²) in [5.74, 6) is 1.46. The van der Waals surface area contributed by atoms with Gasteiger partial charge in [0, 0.05) is 24.1 Å². The third kappa shape index (κ3) is 6.59. The Morgan fingerprint density at radius 2 is 1.94 bits per heavy atom. The SMILES string of the molecule is C/C(N)=C/C(N)=Nc1nc(Nc2cc(C)c(C3CCN(Cc4ccccn4)CC3)cc2C)ncc1Cl. The number of amidine groups is 1. The summed E-state index contributed by atoms with van der Waals surface area (Å²) < 4.78 is 0. The summed E-state index contributed by atoms with van der Waals surface area (Å²) in [5, 5.41) is 3.62. The van der Waals surface area contributed by atoms with Gasteiger partial charge in [-0.1, -0.05) is 23.7 Å². The molecule has 1 aliphatic heterocycles. The number of nitrogens with one attached hydrogen (secondary N) is 1. The molecule has 0 spiro atoms. The Kier molecular flexibility index (Phi) is 8.18. The second-order valence-corrected chi connectivity index (χ2v) is 9.72. The van der Waals surface area contributed by atoms with Crippen LogP contribution in [-0.2, 0) is 6.54 Å². The third-order valence-electron chi connectivity index (χ3n) is 6.33. The van der Waals surface area contributed by atoms with Crippen LogP contribution in [0.25, 0.3) is 0 Å². The summed E-state index contributed by atoms with van der Waals surface area (Å²) >= 11 is 6.22. The molecule has 1 saturated heterocycles. The van der Waals surface area contributed by atoms with E-state index >= 15 is 0 Å². The van der Waals surface area contributed by atoms with Crippen molar-refractivity contribution < 1.29 is 0 Å². The predicted octanol–water partition coefficient (Wildman–Crippen LogP) is 5.12. The average Bonchev–Trinajstić information content (AvgIpc) is 2.84. The van der Waals surface area contributed by atoms with Gasteiger partial charge in [0.05, 0.1) is 11.9 Å². The molecular formula is C27H33ClN8. The average molecular weight is 505 g/mol. The van der Waals surface area contributed by atoms with Crippen molar-refractivity contribution in [1.29, 1.82) is 0 Å². The van der Waals surface area contributed by atoms with Crippen molar-refractivity contribution in [2.45, 2.75) is 46.1 Å². The number of aryl methyl sites for hydroxylation is 2. The number of rotatable bonds is 7. The second-order valence-electron chi connectivity index (χ2n) is 9.31. The van der Waals surface area contributed by atoms with Crippen LogP contribution in [0.1, 0.15) is 48.1 Å². The van der Waals surface area contributed by atoms with Gasteiger partial charge in [-0.3, -0.25) is 9.88 Å². The molecule has 188 valence electrons. The Morgan fingerprint density at radius 3 is 2.64 bits per heavy atom. The highest BCUT2D eigenvalue weighted by Gasteiger charge is 2.23. The maximum Gasteiger partial charge on any atom is 0.229 e. The maximum atomic E-state index is 6.22. The van der Waals surface area contributed by atoms with Crippen LogP contribution in [0.5, 0.6) is 0 Å². The van der Waals surface area contributed by atoms with E-state index in [0.29, 0.717) is 22.6 Å². The lowest BCUT2D eigenvalue weighted by molar-refractivity contribution is 0.202. The van der Waals surface area contributed by atoms with Gasteiger partial charge < -0.3 is 16.8 Å². The summed E-state index contributed by atoms with van der Waals surface area (Å²) in [6, 6.07) is 10.6. The smallest absolute Gasteiger partial charge is 0.229 e. The van der Waals surface area contributed by atoms with Crippen molar-refractivity contribution in [3.05, 3.63) is 81.9 Å². The number of anilines is 2. The van der Waals surface area contributed by atoms with E-state index in [0.717, 1.165) is 49.4 Å². The van der Waals surface area contributed by atoms with Crippen LogP contribution < -0.4 is 16.8 Å². The molecule has 0 saturated carbocycles. The first-order chi connectivity index (χ1) is 17.3. The largest absolute Gasteiger partial charge is 0.402 e. The van der Waals surface area contributed by atoms with Crippen molar-refractivity contribution in [3.8, 4) is 0 Å². The summed E-state index contributed by atoms with van der Waals surface area (Å²) in [5.41, 5.74) is 18.0. The van der Waals surface area contributed by atoms with Gasteiger partial charge >= 0.3 is 0 Å². The Morgan fingerprint density at radius 1 is 1.17 bits per heavy atom. The van der Waals surface area contributed by atoms with E-state index in [1.54, 1.807) is 13.0 Å². The van der Waals surface area contributed by atoms with E-state index in [2.05, 4.69) is 68.3 Å². The molecule has 0 aliphatic carbocycles. The number of nitrogens with two attached hydrogens (primary N) is 2. The normalized spacial score (nSPS) is 15.8. The van der Waals surface area contributed by atoms with Crippen molar-refractivity contribution in [3.63, 3.8) is 0 Å². The highest BCUT2D eigenvalue weighted by atomic mass is 35.5. The van der Waals surface area contributed by atoms with Gasteiger partial charge in [0.1, 0.15) is 10.9 Å². The molecule has 0 bridgehead atoms. The highest BCUT2D eigenvalue weighted by molar-refractivity contribution is 6.32. The van der Waals surface area contributed by atoms with E-state index in [1.165, 1.54) is 17.3 Å². The number of nitrogens with zero attached hydrogens (tertiary/aromatic N) is 5. The molecule has 9 heteroatoms. The third-order valence-corrected chi connectivity index (χ3v) is 6.60. The predicted molar refractivity (Wildman–Crippen MR) is 147 cm³/mol. The van der Waals surface area contributed by atoms with Crippen LogP contribution in [0, 0.1) is 13.8 Å². The van der Waals surface area contributed by atoms with E-state index < -0.39 is 0 Å². The van der Waals surface area contributed by atoms with Gasteiger partial charge in [-0.2, -0.15) is 4.98 Å². The van der Waals surface area contributed by atoms with Gasteiger partial charge in [-0.25, -0.2) is 9.98 Å². The molecule has 0 atom stereocenters. The fourth-order valence-corrected chi connectivity index (χ4v) is 4.67. The van der Waals surface area contributed by atoms with Crippen molar-refractivity contribution in [2.75, 3.05) is 18.4 Å². The standard InChI is InChI=1S/C27H33ClN8/c1-17-13-24(33-27-32-15-23(28)26(35-27)34-25(30)14-19(3)29)18(2)12-22(17)20-7-10-36(11-8-20)16-21-6-4-5-9-31-21/h4-6,9,12-15,20H,7-8,10-11,16,29H2,1-3H3,(H3,30,32,33,34,35)/b19-14-. The number of halogens is 1. The first-order valence-corrected chi connectivity index (χ1v) is 12.5. The van der Waals surface area contributed by atoms with E-state index in [1.807, 2.05) is 12.3 Å². The Hall–Kier alpha value is -3.49. The van der Waals surface area contributed by atoms with Crippen LogP contribution in [0.3, 0.4) is 0 Å². The molecule has 1 fully saturated rings.